The van der Waals surface area contributed by atoms with Crippen molar-refractivity contribution in [3.8, 4) is 6.07 Å². The van der Waals surface area contributed by atoms with Gasteiger partial charge in [-0.05, 0) is 31.0 Å². The normalized spacial score (nSPS) is 10.8. The molecule has 0 saturated carbocycles. The summed E-state index contributed by atoms with van der Waals surface area (Å²) in [7, 11) is 0. The largest absolute Gasteiger partial charge is 0.478 e. The number of carboxylic acid groups (broad SMARTS) is 1. The molecule has 0 fully saturated rings. The van der Waals surface area contributed by atoms with Crippen molar-refractivity contribution >= 4 is 17.6 Å². The molecule has 0 aliphatic heterocycles. The van der Waals surface area contributed by atoms with Crippen molar-refractivity contribution in [3.63, 3.8) is 0 Å². The van der Waals surface area contributed by atoms with E-state index in [1.165, 1.54) is 12.1 Å². The average molecular weight is 343 g/mol. The van der Waals surface area contributed by atoms with Gasteiger partial charge in [0.15, 0.2) is 0 Å². The quantitative estimate of drug-likeness (QED) is 0.500. The molecule has 1 aromatic carbocycles. The standard InChI is InChI=1S/C19H25N3O3/c1-3-5-10-22(11-6-4-2)14-16(13-20)18(23)21-17-9-7-8-15(12-17)19(24)25/h7-9,12,14H,3-6,10-11H2,1-2H3,(H,21,23)(H,24,25)/b16-14-. The van der Waals surface area contributed by atoms with Crippen molar-refractivity contribution in [1.29, 1.82) is 5.26 Å². The summed E-state index contributed by atoms with van der Waals surface area (Å²) in [6, 6.07) is 7.87. The lowest BCUT2D eigenvalue weighted by atomic mass is 10.2. The number of hydrogen-bond acceptors (Lipinski definition) is 4. The van der Waals surface area contributed by atoms with Crippen LogP contribution in [0.3, 0.4) is 0 Å². The summed E-state index contributed by atoms with van der Waals surface area (Å²) in [4.78, 5) is 25.3. The Labute approximate surface area is 148 Å². The molecule has 0 radical (unpaired) electrons. The zero-order valence-electron chi connectivity index (χ0n) is 14.8. The number of nitrogens with zero attached hydrogens (tertiary/aromatic N) is 2. The molecule has 1 aromatic rings. The Bertz CT molecular complexity index is 654. The summed E-state index contributed by atoms with van der Waals surface area (Å²) in [5.74, 6) is -1.61. The van der Waals surface area contributed by atoms with Crippen LogP contribution in [0.4, 0.5) is 5.69 Å². The highest BCUT2D eigenvalue weighted by molar-refractivity contribution is 6.06. The summed E-state index contributed by atoms with van der Waals surface area (Å²) in [5, 5.41) is 20.9. The van der Waals surface area contributed by atoms with Crippen molar-refractivity contribution in [2.75, 3.05) is 18.4 Å². The Morgan fingerprint density at radius 3 is 2.40 bits per heavy atom. The molecule has 2 N–H and O–H groups in total. The zero-order valence-corrected chi connectivity index (χ0v) is 14.8. The molecule has 6 nitrogen and oxygen atoms in total. The van der Waals surface area contributed by atoms with Crippen LogP contribution >= 0.6 is 0 Å². The number of nitrogens with one attached hydrogen (secondary N) is 1. The van der Waals surface area contributed by atoms with Crippen LogP contribution in [-0.4, -0.2) is 35.0 Å². The molecule has 0 atom stereocenters. The van der Waals surface area contributed by atoms with Gasteiger partial charge in [-0.2, -0.15) is 5.26 Å². The molecule has 0 unspecified atom stereocenters. The summed E-state index contributed by atoms with van der Waals surface area (Å²) >= 11 is 0. The van der Waals surface area contributed by atoms with Crippen LogP contribution in [-0.2, 0) is 4.79 Å². The van der Waals surface area contributed by atoms with Crippen molar-refractivity contribution in [2.45, 2.75) is 39.5 Å². The molecule has 0 bridgehead atoms. The maximum Gasteiger partial charge on any atom is 0.335 e. The fraction of sp³-hybridized carbons (Fsp3) is 0.421. The third kappa shape index (κ3) is 7.08. The van der Waals surface area contributed by atoms with Crippen molar-refractivity contribution in [3.05, 3.63) is 41.6 Å². The van der Waals surface area contributed by atoms with E-state index in [1.54, 1.807) is 18.3 Å². The monoisotopic (exact) mass is 343 g/mol. The van der Waals surface area contributed by atoms with Gasteiger partial charge in [0.05, 0.1) is 5.56 Å². The third-order valence-corrected chi connectivity index (χ3v) is 3.64. The van der Waals surface area contributed by atoms with Gasteiger partial charge in [-0.1, -0.05) is 32.8 Å². The van der Waals surface area contributed by atoms with Gasteiger partial charge in [0.25, 0.3) is 5.91 Å². The summed E-state index contributed by atoms with van der Waals surface area (Å²) in [6.45, 7) is 5.77. The maximum absolute atomic E-state index is 12.3. The highest BCUT2D eigenvalue weighted by atomic mass is 16.4. The highest BCUT2D eigenvalue weighted by Crippen LogP contribution is 2.12. The van der Waals surface area contributed by atoms with Crippen LogP contribution in [0.1, 0.15) is 49.9 Å². The zero-order chi connectivity index (χ0) is 18.7. The average Bonchev–Trinajstić information content (AvgIpc) is 2.61. The van der Waals surface area contributed by atoms with Crippen LogP contribution in [0, 0.1) is 11.3 Å². The number of carbonyl (C=O) groups excluding carboxylic acids is 1. The van der Waals surface area contributed by atoms with Gasteiger partial charge in [-0.15, -0.1) is 0 Å². The predicted molar refractivity (Wildman–Crippen MR) is 97.1 cm³/mol. The summed E-state index contributed by atoms with van der Waals surface area (Å²) < 4.78 is 0. The Morgan fingerprint density at radius 1 is 1.24 bits per heavy atom. The third-order valence-electron chi connectivity index (χ3n) is 3.64. The van der Waals surface area contributed by atoms with Crippen LogP contribution in [0.5, 0.6) is 0 Å². The molecular weight excluding hydrogens is 318 g/mol. The first-order valence-electron chi connectivity index (χ1n) is 8.52. The number of anilines is 1. The first-order valence-corrected chi connectivity index (χ1v) is 8.52. The van der Waals surface area contributed by atoms with E-state index >= 15 is 0 Å². The van der Waals surface area contributed by atoms with E-state index in [-0.39, 0.29) is 11.1 Å². The lowest BCUT2D eigenvalue weighted by Gasteiger charge is -2.20. The molecule has 1 rings (SSSR count). The van der Waals surface area contributed by atoms with Gasteiger partial charge in [0, 0.05) is 25.0 Å². The lowest BCUT2D eigenvalue weighted by molar-refractivity contribution is -0.112. The topological polar surface area (TPSA) is 93.4 Å². The van der Waals surface area contributed by atoms with Gasteiger partial charge >= 0.3 is 5.97 Å². The maximum atomic E-state index is 12.3. The number of hydrogen-bond donors (Lipinski definition) is 2. The number of carboxylic acids is 1. The minimum absolute atomic E-state index is 0.00735. The minimum Gasteiger partial charge on any atom is -0.478 e. The number of amides is 1. The fourth-order valence-electron chi connectivity index (χ4n) is 2.21. The lowest BCUT2D eigenvalue weighted by Crippen LogP contribution is -2.23. The molecule has 0 aliphatic rings. The Hall–Kier alpha value is -2.81. The van der Waals surface area contributed by atoms with Crippen molar-refractivity contribution in [1.82, 2.24) is 4.90 Å². The molecule has 0 saturated heterocycles. The van der Waals surface area contributed by atoms with E-state index in [9.17, 15) is 14.9 Å². The molecule has 0 spiro atoms. The Balaban J connectivity index is 2.88. The summed E-state index contributed by atoms with van der Waals surface area (Å²) in [5.41, 5.74) is 0.431. The number of rotatable bonds is 10. The second kappa shape index (κ2) is 10.9. The number of carbonyl (C=O) groups is 2. The highest BCUT2D eigenvalue weighted by Gasteiger charge is 2.12. The van der Waals surface area contributed by atoms with E-state index in [0.717, 1.165) is 38.8 Å². The van der Waals surface area contributed by atoms with E-state index in [1.807, 2.05) is 11.0 Å². The van der Waals surface area contributed by atoms with Crippen LogP contribution in [0.25, 0.3) is 0 Å². The Morgan fingerprint density at radius 2 is 1.88 bits per heavy atom. The Kier molecular flexibility index (Phi) is 8.80. The molecule has 134 valence electrons. The van der Waals surface area contributed by atoms with E-state index in [0.29, 0.717) is 5.69 Å². The van der Waals surface area contributed by atoms with Gasteiger partial charge in [0.1, 0.15) is 11.6 Å². The van der Waals surface area contributed by atoms with Crippen molar-refractivity contribution < 1.29 is 14.7 Å². The molecular formula is C19H25N3O3. The number of benzene rings is 1. The number of aromatic carboxylic acids is 1. The first kappa shape index (κ1) is 20.2. The van der Waals surface area contributed by atoms with Gasteiger partial charge in [-0.3, -0.25) is 4.79 Å². The van der Waals surface area contributed by atoms with E-state index in [4.69, 9.17) is 5.11 Å². The molecule has 0 aliphatic carbocycles. The first-order chi connectivity index (χ1) is 12.0. The molecule has 25 heavy (non-hydrogen) atoms. The number of unbranched alkanes of at least 4 members (excludes halogenated alkanes) is 2. The second-order valence-electron chi connectivity index (χ2n) is 5.74. The molecule has 1 amide bonds. The minimum atomic E-state index is -1.07. The molecule has 0 heterocycles. The molecule has 6 heteroatoms. The smallest absolute Gasteiger partial charge is 0.335 e. The second-order valence-corrected chi connectivity index (χ2v) is 5.74. The van der Waals surface area contributed by atoms with Crippen LogP contribution in [0.15, 0.2) is 36.0 Å². The SMILES string of the molecule is CCCCN(/C=C(/C#N)C(=O)Nc1cccc(C(=O)O)c1)CCCC. The van der Waals surface area contributed by atoms with Crippen molar-refractivity contribution in [2.24, 2.45) is 0 Å². The van der Waals surface area contributed by atoms with Gasteiger partial charge in [0.2, 0.25) is 0 Å². The predicted octanol–water partition coefficient (Wildman–Crippen LogP) is 3.63. The molecule has 0 aromatic heterocycles. The van der Waals surface area contributed by atoms with E-state index in [2.05, 4.69) is 19.2 Å². The van der Waals surface area contributed by atoms with E-state index < -0.39 is 11.9 Å². The van der Waals surface area contributed by atoms with Crippen LogP contribution < -0.4 is 5.32 Å². The van der Waals surface area contributed by atoms with Crippen LogP contribution in [0.2, 0.25) is 0 Å². The fourth-order valence-corrected chi connectivity index (χ4v) is 2.21. The van der Waals surface area contributed by atoms with Gasteiger partial charge in [-0.25, -0.2) is 4.79 Å². The van der Waals surface area contributed by atoms with Gasteiger partial charge < -0.3 is 15.3 Å². The number of nitriles is 1. The summed E-state index contributed by atoms with van der Waals surface area (Å²) in [6.07, 6.45) is 5.64.